The molecule has 98 valence electrons. The third-order valence-electron chi connectivity index (χ3n) is 2.72. The van der Waals surface area contributed by atoms with Crippen LogP contribution in [0.15, 0.2) is 30.7 Å². The second kappa shape index (κ2) is 6.24. The first-order valence-electron chi connectivity index (χ1n) is 5.79. The van der Waals surface area contributed by atoms with E-state index in [2.05, 4.69) is 15.0 Å². The number of hydrogen-bond donors (Lipinski definition) is 0. The fourth-order valence-electron chi connectivity index (χ4n) is 1.71. The minimum atomic E-state index is 0.171. The first-order valence-corrected chi connectivity index (χ1v) is 6.17. The third kappa shape index (κ3) is 3.26. The van der Waals surface area contributed by atoms with E-state index >= 15 is 0 Å². The van der Waals surface area contributed by atoms with Gasteiger partial charge in [-0.15, -0.1) is 0 Å². The van der Waals surface area contributed by atoms with E-state index in [1.54, 1.807) is 6.20 Å². The molecule has 2 heterocycles. The van der Waals surface area contributed by atoms with E-state index in [-0.39, 0.29) is 5.15 Å². The molecule has 0 radical (unpaired) electrons. The average molecular weight is 277 g/mol. The van der Waals surface area contributed by atoms with Crippen molar-refractivity contribution in [2.75, 3.05) is 18.5 Å². The smallest absolute Gasteiger partial charge is 0.156 e. The van der Waals surface area contributed by atoms with E-state index in [4.69, 9.17) is 11.6 Å². The van der Waals surface area contributed by atoms with Gasteiger partial charge in [0, 0.05) is 31.9 Å². The molecule has 0 aliphatic carbocycles. The highest BCUT2D eigenvalue weighted by molar-refractivity contribution is 6.32. The molecule has 0 N–H and O–H groups in total. The average Bonchev–Trinajstić information content (AvgIpc) is 2.45. The molecule has 0 aromatic carbocycles. The Kier molecular flexibility index (Phi) is 4.41. The van der Waals surface area contributed by atoms with Gasteiger partial charge in [-0.1, -0.05) is 17.7 Å². The lowest BCUT2D eigenvalue weighted by atomic mass is 10.2. The molecule has 5 nitrogen and oxygen atoms in total. The number of carbonyl (C=O) groups is 1. The maximum Gasteiger partial charge on any atom is 0.156 e. The minimum Gasteiger partial charge on any atom is -0.359 e. The van der Waals surface area contributed by atoms with Crippen LogP contribution in [0.1, 0.15) is 16.1 Å². The first-order chi connectivity index (χ1) is 9.22. The van der Waals surface area contributed by atoms with Crippen molar-refractivity contribution in [3.05, 3.63) is 47.1 Å². The number of pyridine rings is 1. The van der Waals surface area contributed by atoms with E-state index < -0.39 is 0 Å². The standard InChI is InChI=1S/C13H13ClN4O/c1-18(7-5-10-4-2-3-6-15-10)13-11(8-19)12(14)16-9-17-13/h2-4,6,8-9H,5,7H2,1H3. The maximum atomic E-state index is 11.0. The molecule has 0 amide bonds. The summed E-state index contributed by atoms with van der Waals surface area (Å²) < 4.78 is 0. The summed E-state index contributed by atoms with van der Waals surface area (Å²) in [6, 6.07) is 5.78. The number of halogens is 1. The lowest BCUT2D eigenvalue weighted by molar-refractivity contribution is 0.112. The number of hydrogen-bond acceptors (Lipinski definition) is 5. The summed E-state index contributed by atoms with van der Waals surface area (Å²) in [7, 11) is 1.86. The quantitative estimate of drug-likeness (QED) is 0.618. The van der Waals surface area contributed by atoms with Crippen LogP contribution in [-0.4, -0.2) is 34.8 Å². The predicted octanol–water partition coefficient (Wildman–Crippen LogP) is 2.02. The molecule has 2 rings (SSSR count). The summed E-state index contributed by atoms with van der Waals surface area (Å²) in [6.45, 7) is 0.686. The highest BCUT2D eigenvalue weighted by atomic mass is 35.5. The molecule has 0 saturated carbocycles. The highest BCUT2D eigenvalue weighted by Crippen LogP contribution is 2.20. The van der Waals surface area contributed by atoms with Crippen LogP contribution < -0.4 is 4.90 Å². The van der Waals surface area contributed by atoms with Gasteiger partial charge >= 0.3 is 0 Å². The largest absolute Gasteiger partial charge is 0.359 e. The van der Waals surface area contributed by atoms with Gasteiger partial charge in [0.05, 0.1) is 5.56 Å². The van der Waals surface area contributed by atoms with Crippen molar-refractivity contribution in [3.8, 4) is 0 Å². The molecule has 6 heteroatoms. The number of aldehydes is 1. The van der Waals surface area contributed by atoms with Crippen LogP contribution in [0, 0.1) is 0 Å². The van der Waals surface area contributed by atoms with E-state index in [0.29, 0.717) is 24.2 Å². The second-order valence-corrected chi connectivity index (χ2v) is 4.37. The van der Waals surface area contributed by atoms with Crippen molar-refractivity contribution >= 4 is 23.7 Å². The number of aromatic nitrogens is 3. The summed E-state index contributed by atoms with van der Waals surface area (Å²) >= 11 is 5.87. The van der Waals surface area contributed by atoms with Crippen molar-refractivity contribution in [2.24, 2.45) is 0 Å². The Hall–Kier alpha value is -2.01. The van der Waals surface area contributed by atoms with Gasteiger partial charge in [-0.2, -0.15) is 0 Å². The summed E-state index contributed by atoms with van der Waals surface area (Å²) in [5, 5.41) is 0.171. The molecule has 2 aromatic heterocycles. The molecule has 0 bridgehead atoms. The molecule has 0 fully saturated rings. The van der Waals surface area contributed by atoms with Gasteiger partial charge in [0.25, 0.3) is 0 Å². The van der Waals surface area contributed by atoms with Gasteiger partial charge in [-0.05, 0) is 12.1 Å². The van der Waals surface area contributed by atoms with Crippen LogP contribution >= 0.6 is 11.6 Å². The number of nitrogens with zero attached hydrogens (tertiary/aromatic N) is 4. The van der Waals surface area contributed by atoms with Crippen molar-refractivity contribution in [3.63, 3.8) is 0 Å². The summed E-state index contributed by atoms with van der Waals surface area (Å²) in [5.41, 5.74) is 1.30. The summed E-state index contributed by atoms with van der Waals surface area (Å²) in [5.74, 6) is 0.533. The van der Waals surface area contributed by atoms with E-state index in [0.717, 1.165) is 12.1 Å². The van der Waals surface area contributed by atoms with E-state index in [1.807, 2.05) is 30.1 Å². The Morgan fingerprint density at radius 2 is 2.16 bits per heavy atom. The topological polar surface area (TPSA) is 59.0 Å². The molecular weight excluding hydrogens is 264 g/mol. The Morgan fingerprint density at radius 1 is 1.32 bits per heavy atom. The van der Waals surface area contributed by atoms with Crippen LogP contribution in [0.3, 0.4) is 0 Å². The molecule has 0 aliphatic rings. The molecule has 2 aromatic rings. The molecule has 0 atom stereocenters. The van der Waals surface area contributed by atoms with Crippen LogP contribution in [0.25, 0.3) is 0 Å². The van der Waals surface area contributed by atoms with Gasteiger partial charge in [-0.25, -0.2) is 9.97 Å². The zero-order valence-electron chi connectivity index (χ0n) is 10.5. The van der Waals surface area contributed by atoms with Crippen LogP contribution in [-0.2, 0) is 6.42 Å². The number of rotatable bonds is 5. The van der Waals surface area contributed by atoms with Gasteiger partial charge in [0.1, 0.15) is 17.3 Å². The number of anilines is 1. The van der Waals surface area contributed by atoms with Crippen molar-refractivity contribution < 1.29 is 4.79 Å². The zero-order chi connectivity index (χ0) is 13.7. The van der Waals surface area contributed by atoms with Crippen LogP contribution in [0.4, 0.5) is 5.82 Å². The zero-order valence-corrected chi connectivity index (χ0v) is 11.2. The monoisotopic (exact) mass is 276 g/mol. The predicted molar refractivity (Wildman–Crippen MR) is 73.6 cm³/mol. The van der Waals surface area contributed by atoms with Crippen molar-refractivity contribution in [1.82, 2.24) is 15.0 Å². The van der Waals surface area contributed by atoms with Crippen molar-refractivity contribution in [2.45, 2.75) is 6.42 Å². The molecule has 19 heavy (non-hydrogen) atoms. The molecule has 0 aliphatic heterocycles. The normalized spacial score (nSPS) is 10.2. The summed E-state index contributed by atoms with van der Waals surface area (Å²) in [6.07, 6.45) is 4.54. The Labute approximate surface area is 116 Å². The Bertz CT molecular complexity index is 562. The van der Waals surface area contributed by atoms with Crippen LogP contribution in [0.5, 0.6) is 0 Å². The van der Waals surface area contributed by atoms with Gasteiger partial charge < -0.3 is 4.90 Å². The molecule has 0 saturated heterocycles. The maximum absolute atomic E-state index is 11.0. The number of likely N-dealkylation sites (N-methyl/N-ethyl adjacent to an activating group) is 1. The number of carbonyl (C=O) groups excluding carboxylic acids is 1. The fourth-order valence-corrected chi connectivity index (χ4v) is 1.88. The molecule has 0 spiro atoms. The van der Waals surface area contributed by atoms with Gasteiger partial charge in [0.15, 0.2) is 6.29 Å². The second-order valence-electron chi connectivity index (χ2n) is 4.01. The molecule has 0 unspecified atom stereocenters. The van der Waals surface area contributed by atoms with Crippen molar-refractivity contribution in [1.29, 1.82) is 0 Å². The third-order valence-corrected chi connectivity index (χ3v) is 3.02. The van der Waals surface area contributed by atoms with Crippen LogP contribution in [0.2, 0.25) is 5.15 Å². The SMILES string of the molecule is CN(CCc1ccccn1)c1ncnc(Cl)c1C=O. The Balaban J connectivity index is 2.10. The van der Waals surface area contributed by atoms with Gasteiger partial charge in [-0.3, -0.25) is 9.78 Å². The van der Waals surface area contributed by atoms with E-state index in [1.165, 1.54) is 6.33 Å². The highest BCUT2D eigenvalue weighted by Gasteiger charge is 2.12. The summed E-state index contributed by atoms with van der Waals surface area (Å²) in [4.78, 5) is 25.0. The fraction of sp³-hybridized carbons (Fsp3) is 0.231. The van der Waals surface area contributed by atoms with Gasteiger partial charge in [0.2, 0.25) is 0 Å². The molecular formula is C13H13ClN4O. The Morgan fingerprint density at radius 3 is 2.84 bits per heavy atom. The van der Waals surface area contributed by atoms with E-state index in [9.17, 15) is 4.79 Å². The minimum absolute atomic E-state index is 0.171. The lowest BCUT2D eigenvalue weighted by Gasteiger charge is -2.19. The lowest BCUT2D eigenvalue weighted by Crippen LogP contribution is -2.23. The first kappa shape index (κ1) is 13.4.